The molecule has 0 heterocycles. The maximum Gasteiger partial charge on any atom is 0.259 e. The molecule has 0 aromatic heterocycles. The van der Waals surface area contributed by atoms with Crippen LogP contribution in [0.5, 0.6) is 5.75 Å². The third-order valence-corrected chi connectivity index (χ3v) is 5.46. The summed E-state index contributed by atoms with van der Waals surface area (Å²) in [4.78, 5) is 12.7. The number of amides is 1. The SMILES string of the molecule is CCNS(=O)(=O)c1ccc(OC)c(C(=O)Nc2cccc(C)c2C)c1. The lowest BCUT2D eigenvalue weighted by Gasteiger charge is -2.14. The Morgan fingerprint density at radius 2 is 1.88 bits per heavy atom. The van der Waals surface area contributed by atoms with Gasteiger partial charge < -0.3 is 10.1 Å². The van der Waals surface area contributed by atoms with E-state index in [4.69, 9.17) is 4.74 Å². The largest absolute Gasteiger partial charge is 0.496 e. The van der Waals surface area contributed by atoms with Gasteiger partial charge in [0.1, 0.15) is 5.75 Å². The summed E-state index contributed by atoms with van der Waals surface area (Å²) in [6.45, 7) is 5.82. The standard InChI is InChI=1S/C18H22N2O4S/c1-5-19-25(22,23)14-9-10-17(24-4)15(11-14)18(21)20-16-8-6-7-12(2)13(16)3/h6-11,19H,5H2,1-4H3,(H,20,21). The van der Waals surface area contributed by atoms with Gasteiger partial charge in [-0.05, 0) is 49.2 Å². The fraction of sp³-hybridized carbons (Fsp3) is 0.278. The van der Waals surface area contributed by atoms with Crippen molar-refractivity contribution in [3.8, 4) is 5.75 Å². The minimum Gasteiger partial charge on any atom is -0.496 e. The van der Waals surface area contributed by atoms with Crippen LogP contribution in [0.1, 0.15) is 28.4 Å². The van der Waals surface area contributed by atoms with E-state index in [1.54, 1.807) is 13.0 Å². The van der Waals surface area contributed by atoms with Crippen LogP contribution in [0.4, 0.5) is 5.69 Å². The number of rotatable bonds is 6. The maximum atomic E-state index is 12.7. The van der Waals surface area contributed by atoms with Crippen LogP contribution in [0.2, 0.25) is 0 Å². The van der Waals surface area contributed by atoms with Gasteiger partial charge in [-0.3, -0.25) is 4.79 Å². The smallest absolute Gasteiger partial charge is 0.259 e. The Labute approximate surface area is 148 Å². The Morgan fingerprint density at radius 1 is 1.16 bits per heavy atom. The number of hydrogen-bond donors (Lipinski definition) is 2. The van der Waals surface area contributed by atoms with Crippen LogP contribution in [0.15, 0.2) is 41.3 Å². The number of carbonyl (C=O) groups excluding carboxylic acids is 1. The van der Waals surface area contributed by atoms with Crippen LogP contribution in [0.25, 0.3) is 0 Å². The van der Waals surface area contributed by atoms with Crippen LogP contribution in [0, 0.1) is 13.8 Å². The average Bonchev–Trinajstić information content (AvgIpc) is 2.58. The van der Waals surface area contributed by atoms with Crippen LogP contribution < -0.4 is 14.8 Å². The Hall–Kier alpha value is -2.38. The fourth-order valence-corrected chi connectivity index (χ4v) is 3.45. The topological polar surface area (TPSA) is 84.5 Å². The molecule has 2 aromatic carbocycles. The summed E-state index contributed by atoms with van der Waals surface area (Å²) in [6.07, 6.45) is 0. The lowest BCUT2D eigenvalue weighted by molar-refractivity contribution is 0.102. The summed E-state index contributed by atoms with van der Waals surface area (Å²) in [5.74, 6) is -0.127. The number of benzene rings is 2. The molecular weight excluding hydrogens is 340 g/mol. The first-order valence-electron chi connectivity index (χ1n) is 7.85. The number of anilines is 1. The Morgan fingerprint density at radius 3 is 2.52 bits per heavy atom. The number of methoxy groups -OCH3 is 1. The molecule has 6 nitrogen and oxygen atoms in total. The molecule has 0 unspecified atom stereocenters. The molecule has 0 fully saturated rings. The van der Waals surface area contributed by atoms with E-state index >= 15 is 0 Å². The minimum atomic E-state index is -3.66. The highest BCUT2D eigenvalue weighted by atomic mass is 32.2. The van der Waals surface area contributed by atoms with Gasteiger partial charge in [0.15, 0.2) is 0 Å². The van der Waals surface area contributed by atoms with Crippen molar-refractivity contribution < 1.29 is 17.9 Å². The predicted octanol–water partition coefficient (Wildman–Crippen LogP) is 2.86. The molecule has 7 heteroatoms. The van der Waals surface area contributed by atoms with Gasteiger partial charge in [0, 0.05) is 12.2 Å². The maximum absolute atomic E-state index is 12.7. The lowest BCUT2D eigenvalue weighted by atomic mass is 10.1. The number of ether oxygens (including phenoxy) is 1. The molecular formula is C18H22N2O4S. The molecule has 0 radical (unpaired) electrons. The molecule has 0 saturated carbocycles. The van der Waals surface area contributed by atoms with Crippen LogP contribution >= 0.6 is 0 Å². The minimum absolute atomic E-state index is 0.0151. The second-order valence-electron chi connectivity index (χ2n) is 5.57. The number of sulfonamides is 1. The summed E-state index contributed by atoms with van der Waals surface area (Å²) in [7, 11) is -2.23. The molecule has 0 spiro atoms. The van der Waals surface area contributed by atoms with E-state index in [2.05, 4.69) is 10.0 Å². The fourth-order valence-electron chi connectivity index (χ4n) is 2.38. The van der Waals surface area contributed by atoms with E-state index in [1.807, 2.05) is 26.0 Å². The first kappa shape index (κ1) is 19.0. The molecule has 134 valence electrons. The molecule has 0 atom stereocenters. The first-order valence-corrected chi connectivity index (χ1v) is 9.33. The number of aryl methyl sites for hydroxylation is 1. The van der Waals surface area contributed by atoms with Gasteiger partial charge in [-0.25, -0.2) is 13.1 Å². The lowest BCUT2D eigenvalue weighted by Crippen LogP contribution is -2.24. The number of nitrogens with one attached hydrogen (secondary N) is 2. The van der Waals surface area contributed by atoms with E-state index in [0.717, 1.165) is 11.1 Å². The number of hydrogen-bond acceptors (Lipinski definition) is 4. The third kappa shape index (κ3) is 4.18. The zero-order valence-electron chi connectivity index (χ0n) is 14.7. The highest BCUT2D eigenvalue weighted by molar-refractivity contribution is 7.89. The highest BCUT2D eigenvalue weighted by Gasteiger charge is 2.19. The van der Waals surface area contributed by atoms with Gasteiger partial charge in [-0.2, -0.15) is 0 Å². The second-order valence-corrected chi connectivity index (χ2v) is 7.33. The van der Waals surface area contributed by atoms with Crippen LogP contribution in [0.3, 0.4) is 0 Å². The van der Waals surface area contributed by atoms with E-state index in [9.17, 15) is 13.2 Å². The van der Waals surface area contributed by atoms with Gasteiger partial charge in [0.2, 0.25) is 10.0 Å². The summed E-state index contributed by atoms with van der Waals surface area (Å²) >= 11 is 0. The van der Waals surface area contributed by atoms with Crippen molar-refractivity contribution in [2.45, 2.75) is 25.7 Å². The molecule has 0 saturated heterocycles. The van der Waals surface area contributed by atoms with Crippen molar-refractivity contribution >= 4 is 21.6 Å². The van der Waals surface area contributed by atoms with Gasteiger partial charge in [0.05, 0.1) is 17.6 Å². The summed E-state index contributed by atoms with van der Waals surface area (Å²) in [6, 6.07) is 9.80. The zero-order chi connectivity index (χ0) is 18.6. The van der Waals surface area contributed by atoms with Crippen LogP contribution in [-0.2, 0) is 10.0 Å². The summed E-state index contributed by atoms with van der Waals surface area (Å²) in [5, 5.41) is 2.82. The molecule has 0 aliphatic rings. The van der Waals surface area contributed by atoms with Crippen molar-refractivity contribution in [2.24, 2.45) is 0 Å². The average molecular weight is 362 g/mol. The van der Waals surface area contributed by atoms with Gasteiger partial charge in [0.25, 0.3) is 5.91 Å². The first-order chi connectivity index (χ1) is 11.8. The summed E-state index contributed by atoms with van der Waals surface area (Å²) in [5.41, 5.74) is 2.83. The van der Waals surface area contributed by atoms with Crippen molar-refractivity contribution in [3.05, 3.63) is 53.1 Å². The highest BCUT2D eigenvalue weighted by Crippen LogP contribution is 2.25. The van der Waals surface area contributed by atoms with Gasteiger partial charge in [-0.1, -0.05) is 19.1 Å². The van der Waals surface area contributed by atoms with E-state index in [-0.39, 0.29) is 17.0 Å². The molecule has 1 amide bonds. The van der Waals surface area contributed by atoms with Crippen molar-refractivity contribution in [1.29, 1.82) is 0 Å². The van der Waals surface area contributed by atoms with Gasteiger partial charge in [-0.15, -0.1) is 0 Å². The van der Waals surface area contributed by atoms with Crippen LogP contribution in [-0.4, -0.2) is 28.0 Å². The molecule has 25 heavy (non-hydrogen) atoms. The zero-order valence-corrected chi connectivity index (χ0v) is 15.5. The third-order valence-electron chi connectivity index (χ3n) is 3.91. The van der Waals surface area contributed by atoms with Crippen molar-refractivity contribution in [3.63, 3.8) is 0 Å². The molecule has 0 bridgehead atoms. The van der Waals surface area contributed by atoms with E-state index in [0.29, 0.717) is 11.4 Å². The van der Waals surface area contributed by atoms with E-state index in [1.165, 1.54) is 25.3 Å². The quantitative estimate of drug-likeness (QED) is 0.827. The molecule has 2 N–H and O–H groups in total. The normalized spacial score (nSPS) is 11.2. The molecule has 2 aromatic rings. The van der Waals surface area contributed by atoms with E-state index < -0.39 is 15.9 Å². The number of carbonyl (C=O) groups is 1. The predicted molar refractivity (Wildman–Crippen MR) is 97.7 cm³/mol. The Bertz CT molecular complexity index is 892. The summed E-state index contributed by atoms with van der Waals surface area (Å²) < 4.78 is 32.0. The van der Waals surface area contributed by atoms with Crippen molar-refractivity contribution in [1.82, 2.24) is 4.72 Å². The molecule has 0 aliphatic heterocycles. The van der Waals surface area contributed by atoms with Gasteiger partial charge >= 0.3 is 0 Å². The Kier molecular flexibility index (Phi) is 5.81. The molecule has 0 aliphatic carbocycles. The monoisotopic (exact) mass is 362 g/mol. The second kappa shape index (κ2) is 7.67. The molecule has 2 rings (SSSR count). The van der Waals surface area contributed by atoms with Crippen molar-refractivity contribution in [2.75, 3.05) is 19.0 Å². The Balaban J connectivity index is 2.42.